The largest absolute Gasteiger partial charge is 0.326 e. The van der Waals surface area contributed by atoms with Gasteiger partial charge in [-0.2, -0.15) is 0 Å². The molecular weight excluding hydrogens is 520 g/mol. The normalized spacial score (nSPS) is 15.8. The molecule has 1 unspecified atom stereocenters. The van der Waals surface area contributed by atoms with Gasteiger partial charge < -0.3 is 10.2 Å². The zero-order chi connectivity index (χ0) is 28.0. The Balaban J connectivity index is 1.38. The highest BCUT2D eigenvalue weighted by Crippen LogP contribution is 2.30. The lowest BCUT2D eigenvalue weighted by atomic mass is 9.89. The predicted octanol–water partition coefficient (Wildman–Crippen LogP) is 5.85. The number of nitrogens with zero attached hydrogens (tertiary/aromatic N) is 1. The first kappa shape index (κ1) is 28.9. The number of sulfonamides is 1. The Morgan fingerprint density at radius 3 is 2.33 bits per heavy atom. The van der Waals surface area contributed by atoms with Crippen LogP contribution in [0.4, 0.5) is 14.5 Å². The lowest BCUT2D eigenvalue weighted by Crippen LogP contribution is -2.36. The van der Waals surface area contributed by atoms with Gasteiger partial charge in [0.2, 0.25) is 15.9 Å². The molecule has 1 amide bonds. The lowest BCUT2D eigenvalue weighted by Gasteiger charge is -2.33. The van der Waals surface area contributed by atoms with Crippen molar-refractivity contribution >= 4 is 21.6 Å². The Morgan fingerprint density at radius 1 is 0.949 bits per heavy atom. The smallest absolute Gasteiger partial charge is 0.241 e. The SMILES string of the molecule is CC(C)C(=O)Nc1cccc(C2CCN(CCC(NS(=O)(=O)c3ccc(F)c(F)c3)c3ccccc3)CC2)c1. The second kappa shape index (κ2) is 12.8. The molecule has 3 aromatic rings. The first-order valence-corrected chi connectivity index (χ1v) is 14.8. The number of carbonyl (C=O) groups excluding carboxylic acids is 1. The summed E-state index contributed by atoms with van der Waals surface area (Å²) in [6, 6.07) is 19.4. The summed E-state index contributed by atoms with van der Waals surface area (Å²) in [6.07, 6.45) is 2.44. The van der Waals surface area contributed by atoms with Crippen LogP contribution in [0.5, 0.6) is 0 Å². The summed E-state index contributed by atoms with van der Waals surface area (Å²) in [5.74, 6) is -2.00. The molecule has 1 aliphatic rings. The summed E-state index contributed by atoms with van der Waals surface area (Å²) in [5, 5.41) is 2.97. The highest BCUT2D eigenvalue weighted by molar-refractivity contribution is 7.89. The van der Waals surface area contributed by atoms with Crippen molar-refractivity contribution in [3.8, 4) is 0 Å². The van der Waals surface area contributed by atoms with E-state index >= 15 is 0 Å². The van der Waals surface area contributed by atoms with Gasteiger partial charge in [0.05, 0.1) is 4.90 Å². The van der Waals surface area contributed by atoms with E-state index in [-0.39, 0.29) is 16.7 Å². The average molecular weight is 556 g/mol. The Hall–Kier alpha value is -3.14. The molecule has 0 spiro atoms. The van der Waals surface area contributed by atoms with Crippen molar-refractivity contribution in [1.82, 2.24) is 9.62 Å². The number of halogens is 2. The fourth-order valence-corrected chi connectivity index (χ4v) is 6.11. The van der Waals surface area contributed by atoms with Crippen LogP contribution < -0.4 is 10.0 Å². The summed E-state index contributed by atoms with van der Waals surface area (Å²) < 4.78 is 55.8. The summed E-state index contributed by atoms with van der Waals surface area (Å²) in [6.45, 7) is 6.14. The van der Waals surface area contributed by atoms with Crippen LogP contribution in [0.15, 0.2) is 77.7 Å². The van der Waals surface area contributed by atoms with Crippen molar-refractivity contribution in [2.75, 3.05) is 25.0 Å². The third-order valence-corrected chi connectivity index (χ3v) is 8.64. The van der Waals surface area contributed by atoms with Crippen molar-refractivity contribution in [3.05, 3.63) is 95.6 Å². The van der Waals surface area contributed by atoms with Crippen LogP contribution in [0.2, 0.25) is 0 Å². The zero-order valence-corrected chi connectivity index (χ0v) is 23.1. The van der Waals surface area contributed by atoms with Gasteiger partial charge in [0, 0.05) is 17.6 Å². The molecule has 3 aromatic carbocycles. The minimum atomic E-state index is -4.07. The maximum atomic E-state index is 13.7. The van der Waals surface area contributed by atoms with E-state index in [1.54, 1.807) is 0 Å². The molecule has 0 radical (unpaired) electrons. The number of rotatable bonds is 10. The Morgan fingerprint density at radius 2 is 1.67 bits per heavy atom. The van der Waals surface area contributed by atoms with E-state index in [4.69, 9.17) is 0 Å². The van der Waals surface area contributed by atoms with Crippen molar-refractivity contribution in [1.29, 1.82) is 0 Å². The number of hydrogen-bond acceptors (Lipinski definition) is 4. The van der Waals surface area contributed by atoms with Gasteiger partial charge >= 0.3 is 0 Å². The van der Waals surface area contributed by atoms with E-state index in [1.165, 1.54) is 5.56 Å². The van der Waals surface area contributed by atoms with Gasteiger partial charge in [0.25, 0.3) is 0 Å². The molecule has 9 heteroatoms. The molecule has 1 fully saturated rings. The maximum absolute atomic E-state index is 13.7. The molecule has 0 saturated carbocycles. The highest BCUT2D eigenvalue weighted by Gasteiger charge is 2.25. The molecule has 39 heavy (non-hydrogen) atoms. The highest BCUT2D eigenvalue weighted by atomic mass is 32.2. The number of likely N-dealkylation sites (tertiary alicyclic amines) is 1. The molecule has 2 N–H and O–H groups in total. The topological polar surface area (TPSA) is 78.5 Å². The number of benzene rings is 3. The van der Waals surface area contributed by atoms with Gasteiger partial charge in [-0.3, -0.25) is 4.79 Å². The molecule has 1 heterocycles. The van der Waals surface area contributed by atoms with Gasteiger partial charge in [0.15, 0.2) is 11.6 Å². The van der Waals surface area contributed by atoms with Crippen molar-refractivity contribution < 1.29 is 22.0 Å². The third kappa shape index (κ3) is 7.71. The second-order valence-electron chi connectivity index (χ2n) is 10.3. The summed E-state index contributed by atoms with van der Waals surface area (Å²) in [5.41, 5.74) is 2.82. The van der Waals surface area contributed by atoms with E-state index in [1.807, 2.05) is 56.3 Å². The van der Waals surface area contributed by atoms with Gasteiger partial charge in [-0.05, 0) is 86.3 Å². The van der Waals surface area contributed by atoms with Gasteiger partial charge in [-0.1, -0.05) is 56.3 Å². The van der Waals surface area contributed by atoms with Crippen LogP contribution in [0.25, 0.3) is 0 Å². The first-order valence-electron chi connectivity index (χ1n) is 13.3. The van der Waals surface area contributed by atoms with Crippen LogP contribution in [-0.2, 0) is 14.8 Å². The molecule has 1 saturated heterocycles. The Labute approximate surface area is 229 Å². The molecule has 0 bridgehead atoms. The standard InChI is InChI=1S/C30H35F2N3O3S/c1-21(2)30(36)33-25-10-6-9-24(19-25)22-13-16-35(17-14-22)18-15-29(23-7-4-3-5-8-23)34-39(37,38)26-11-12-27(31)28(32)20-26/h3-12,19-22,29,34H,13-18H2,1-2H3,(H,33,36). The van der Waals surface area contributed by atoms with Crippen molar-refractivity contribution in [2.24, 2.45) is 5.92 Å². The number of hydrogen-bond donors (Lipinski definition) is 2. The molecule has 1 atom stereocenters. The number of amides is 1. The fraction of sp³-hybridized carbons (Fsp3) is 0.367. The van der Waals surface area contributed by atoms with Crippen LogP contribution in [0.1, 0.15) is 56.2 Å². The predicted molar refractivity (Wildman–Crippen MR) is 149 cm³/mol. The van der Waals surface area contributed by atoms with Gasteiger partial charge in [-0.25, -0.2) is 21.9 Å². The summed E-state index contributed by atoms with van der Waals surface area (Å²) in [7, 11) is -4.07. The Kier molecular flexibility index (Phi) is 9.48. The molecule has 6 nitrogen and oxygen atoms in total. The third-order valence-electron chi connectivity index (χ3n) is 7.17. The molecule has 0 aliphatic carbocycles. The van der Waals surface area contributed by atoms with Crippen molar-refractivity contribution in [2.45, 2.75) is 50.0 Å². The Bertz CT molecular complexity index is 1380. The van der Waals surface area contributed by atoms with Gasteiger partial charge in [-0.15, -0.1) is 0 Å². The first-order chi connectivity index (χ1) is 18.6. The number of nitrogens with one attached hydrogen (secondary N) is 2. The molecular formula is C30H35F2N3O3S. The average Bonchev–Trinajstić information content (AvgIpc) is 2.93. The zero-order valence-electron chi connectivity index (χ0n) is 22.2. The molecule has 0 aromatic heterocycles. The fourth-order valence-electron chi connectivity index (χ4n) is 4.84. The minimum Gasteiger partial charge on any atom is -0.326 e. The number of carbonyl (C=O) groups is 1. The number of piperidine rings is 1. The second-order valence-corrected chi connectivity index (χ2v) is 12.0. The monoisotopic (exact) mass is 555 g/mol. The molecule has 1 aliphatic heterocycles. The molecule has 208 valence electrons. The molecule has 4 rings (SSSR count). The summed E-state index contributed by atoms with van der Waals surface area (Å²) >= 11 is 0. The quantitative estimate of drug-likeness (QED) is 0.329. The van der Waals surface area contributed by atoms with Crippen LogP contribution >= 0.6 is 0 Å². The lowest BCUT2D eigenvalue weighted by molar-refractivity contribution is -0.118. The minimum absolute atomic E-state index is 0.00451. The van der Waals surface area contributed by atoms with Gasteiger partial charge in [0.1, 0.15) is 0 Å². The van der Waals surface area contributed by atoms with E-state index in [9.17, 15) is 22.0 Å². The van der Waals surface area contributed by atoms with E-state index in [2.05, 4.69) is 27.1 Å². The summed E-state index contributed by atoms with van der Waals surface area (Å²) in [4.78, 5) is 14.1. The van der Waals surface area contributed by atoms with Crippen molar-refractivity contribution in [3.63, 3.8) is 0 Å². The van der Waals surface area contributed by atoms with Crippen LogP contribution in [0, 0.1) is 17.6 Å². The van der Waals surface area contributed by atoms with E-state index in [0.29, 0.717) is 24.9 Å². The van der Waals surface area contributed by atoms with E-state index < -0.39 is 27.7 Å². The number of anilines is 1. The van der Waals surface area contributed by atoms with Crippen LogP contribution in [-0.4, -0.2) is 38.9 Å². The maximum Gasteiger partial charge on any atom is 0.241 e. The van der Waals surface area contributed by atoms with Crippen LogP contribution in [0.3, 0.4) is 0 Å². The van der Waals surface area contributed by atoms with E-state index in [0.717, 1.165) is 49.3 Å².